The molecule has 0 fully saturated rings. The van der Waals surface area contributed by atoms with Crippen LogP contribution < -0.4 is 4.90 Å². The van der Waals surface area contributed by atoms with Crippen LogP contribution in [0.4, 0.5) is 17.3 Å². The zero-order chi connectivity index (χ0) is 35.2. The van der Waals surface area contributed by atoms with Gasteiger partial charge in [0.1, 0.15) is 17.3 Å². The molecule has 53 heavy (non-hydrogen) atoms. The predicted molar refractivity (Wildman–Crippen MR) is 221 cm³/mol. The second-order valence-electron chi connectivity index (χ2n) is 13.9. The average molecular weight is 680 g/mol. The van der Waals surface area contributed by atoms with E-state index in [1.807, 2.05) is 0 Å². The lowest BCUT2D eigenvalue weighted by Gasteiger charge is -2.27. The number of aromatic nitrogens is 4. The largest absolute Gasteiger partial charge is 0.307 e. The van der Waals surface area contributed by atoms with Crippen LogP contribution in [0.15, 0.2) is 164 Å². The van der Waals surface area contributed by atoms with E-state index >= 15 is 0 Å². The molecule has 250 valence electrons. The van der Waals surface area contributed by atoms with E-state index in [2.05, 4.69) is 192 Å². The summed E-state index contributed by atoms with van der Waals surface area (Å²) in [4.78, 5) is 13.3. The number of para-hydroxylation sites is 6. The molecule has 5 heterocycles. The smallest absolute Gasteiger partial charge is 0.148 e. The lowest BCUT2D eigenvalue weighted by molar-refractivity contribution is 1.09. The van der Waals surface area contributed by atoms with E-state index in [4.69, 9.17) is 9.97 Å². The van der Waals surface area contributed by atoms with Crippen LogP contribution in [0.25, 0.3) is 77.0 Å². The van der Waals surface area contributed by atoms with Gasteiger partial charge in [-0.3, -0.25) is 9.47 Å². The first-order valence-corrected chi connectivity index (χ1v) is 18.1. The second-order valence-corrected chi connectivity index (χ2v) is 13.9. The first kappa shape index (κ1) is 29.7. The summed E-state index contributed by atoms with van der Waals surface area (Å²) < 4.78 is 4.72. The lowest BCUT2D eigenvalue weighted by Crippen LogP contribution is -2.16. The van der Waals surface area contributed by atoms with Gasteiger partial charge in [0.05, 0.1) is 33.4 Å². The fourth-order valence-electron chi connectivity index (χ4n) is 8.67. The molecule has 0 aliphatic heterocycles. The van der Waals surface area contributed by atoms with E-state index in [9.17, 15) is 0 Å². The minimum Gasteiger partial charge on any atom is -0.307 e. The molecule has 5 aromatic heterocycles. The number of anilines is 3. The summed E-state index contributed by atoms with van der Waals surface area (Å²) in [6.07, 6.45) is 0. The number of hydrogen-bond acceptors (Lipinski definition) is 3. The molecule has 11 aromatic rings. The molecule has 6 aromatic carbocycles. The third-order valence-electron chi connectivity index (χ3n) is 10.9. The van der Waals surface area contributed by atoms with Crippen molar-refractivity contribution < 1.29 is 0 Å². The zero-order valence-electron chi connectivity index (χ0n) is 29.3. The highest BCUT2D eigenvalue weighted by Gasteiger charge is 2.24. The highest BCUT2D eigenvalue weighted by Crippen LogP contribution is 2.44. The summed E-state index contributed by atoms with van der Waals surface area (Å²) in [5, 5.41) is 7.32. The Bertz CT molecular complexity index is 3190. The molecular weight excluding hydrogens is 647 g/mol. The summed E-state index contributed by atoms with van der Waals surface area (Å²) in [5.41, 5.74) is 12.1. The molecule has 0 N–H and O–H groups in total. The molecule has 0 spiro atoms. The Morgan fingerprint density at radius 2 is 1.02 bits per heavy atom. The minimum atomic E-state index is 0.809. The van der Waals surface area contributed by atoms with Gasteiger partial charge in [0.25, 0.3) is 0 Å². The number of pyridine rings is 2. The van der Waals surface area contributed by atoms with Gasteiger partial charge in [-0.05, 0) is 73.5 Å². The van der Waals surface area contributed by atoms with E-state index in [-0.39, 0.29) is 0 Å². The number of benzene rings is 6. The lowest BCUT2D eigenvalue weighted by atomic mass is 10.0. The Labute approximate surface area is 306 Å². The van der Waals surface area contributed by atoms with Crippen molar-refractivity contribution in [2.24, 2.45) is 0 Å². The summed E-state index contributed by atoms with van der Waals surface area (Å²) in [5.74, 6) is 1.62. The Kier molecular flexibility index (Phi) is 6.31. The van der Waals surface area contributed by atoms with Crippen LogP contribution in [0.5, 0.6) is 0 Å². The molecule has 0 saturated carbocycles. The molecule has 0 aliphatic carbocycles. The standard InChI is InChI=1S/C48H33N5/c1-30-14-10-15-31(2)45(30)53(44-29-28-38-34-19-7-8-25-41(34)51(48(38)50-44)32-16-4-3-5-17-32)43-27-13-24-40(49-43)39-23-12-22-37-36-21-11-20-35-33-18-6-9-26-42(33)52(46(35)36)47(37)39/h3-29H,1-2H3. The predicted octanol–water partition coefficient (Wildman–Crippen LogP) is 12.5. The van der Waals surface area contributed by atoms with Gasteiger partial charge in [0, 0.05) is 43.6 Å². The Morgan fingerprint density at radius 1 is 0.434 bits per heavy atom. The molecule has 5 nitrogen and oxygen atoms in total. The maximum Gasteiger partial charge on any atom is 0.148 e. The van der Waals surface area contributed by atoms with Gasteiger partial charge in [0.15, 0.2) is 0 Å². The normalized spacial score (nSPS) is 12.0. The molecule has 0 unspecified atom stereocenters. The SMILES string of the molecule is Cc1cccc(C)c1N(c1cccc(-c2cccc3c4cccc5c6ccccc6n(c23)c54)n1)c1ccc2c3ccccc3n(-c3ccccc3)c2n1. The van der Waals surface area contributed by atoms with Crippen molar-refractivity contribution >= 4 is 77.4 Å². The fraction of sp³-hybridized carbons (Fsp3) is 0.0417. The minimum absolute atomic E-state index is 0.809. The van der Waals surface area contributed by atoms with Crippen LogP contribution in [0.1, 0.15) is 11.1 Å². The number of aryl methyl sites for hydroxylation is 2. The number of hydrogen-bond donors (Lipinski definition) is 0. The van der Waals surface area contributed by atoms with Crippen LogP contribution in [0, 0.1) is 13.8 Å². The van der Waals surface area contributed by atoms with Crippen molar-refractivity contribution in [2.45, 2.75) is 13.8 Å². The molecule has 0 radical (unpaired) electrons. The molecule has 0 saturated heterocycles. The Balaban J connectivity index is 1.17. The van der Waals surface area contributed by atoms with E-state index in [0.29, 0.717) is 0 Å². The zero-order valence-corrected chi connectivity index (χ0v) is 29.3. The van der Waals surface area contributed by atoms with E-state index in [1.165, 1.54) is 43.5 Å². The van der Waals surface area contributed by atoms with Crippen molar-refractivity contribution in [3.05, 3.63) is 175 Å². The molecule has 11 rings (SSSR count). The van der Waals surface area contributed by atoms with E-state index in [0.717, 1.165) is 61.9 Å². The van der Waals surface area contributed by atoms with Crippen molar-refractivity contribution in [3.8, 4) is 16.9 Å². The summed E-state index contributed by atoms with van der Waals surface area (Å²) in [7, 11) is 0. The summed E-state index contributed by atoms with van der Waals surface area (Å²) >= 11 is 0. The number of rotatable bonds is 5. The van der Waals surface area contributed by atoms with Crippen LogP contribution in [-0.4, -0.2) is 18.9 Å². The maximum absolute atomic E-state index is 5.52. The molecule has 0 bridgehead atoms. The van der Waals surface area contributed by atoms with Gasteiger partial charge < -0.3 is 4.40 Å². The van der Waals surface area contributed by atoms with Crippen molar-refractivity contribution in [2.75, 3.05) is 4.90 Å². The Hall–Kier alpha value is -6.98. The monoisotopic (exact) mass is 679 g/mol. The summed E-state index contributed by atoms with van der Waals surface area (Å²) in [6.45, 7) is 4.34. The van der Waals surface area contributed by atoms with Crippen LogP contribution in [0.2, 0.25) is 0 Å². The van der Waals surface area contributed by atoms with Crippen LogP contribution >= 0.6 is 0 Å². The highest BCUT2D eigenvalue weighted by atomic mass is 15.3. The van der Waals surface area contributed by atoms with Gasteiger partial charge in [-0.25, -0.2) is 9.97 Å². The molecule has 0 amide bonds. The molecular formula is C48H33N5. The van der Waals surface area contributed by atoms with Gasteiger partial charge >= 0.3 is 0 Å². The maximum atomic E-state index is 5.52. The first-order valence-electron chi connectivity index (χ1n) is 18.1. The molecule has 0 aliphatic rings. The van der Waals surface area contributed by atoms with Gasteiger partial charge in [-0.2, -0.15) is 0 Å². The van der Waals surface area contributed by atoms with Crippen molar-refractivity contribution in [1.82, 2.24) is 18.9 Å². The third-order valence-corrected chi connectivity index (χ3v) is 10.9. The second kappa shape index (κ2) is 11.3. The van der Waals surface area contributed by atoms with Gasteiger partial charge in [0.2, 0.25) is 0 Å². The third kappa shape index (κ3) is 4.25. The summed E-state index contributed by atoms with van der Waals surface area (Å²) in [6, 6.07) is 58.3. The van der Waals surface area contributed by atoms with Gasteiger partial charge in [-0.1, -0.05) is 115 Å². The van der Waals surface area contributed by atoms with Crippen LogP contribution in [-0.2, 0) is 0 Å². The highest BCUT2D eigenvalue weighted by molar-refractivity contribution is 6.25. The first-order chi connectivity index (χ1) is 26.2. The number of nitrogens with zero attached hydrogens (tertiary/aromatic N) is 5. The number of fused-ring (bicyclic) bond motifs is 9. The van der Waals surface area contributed by atoms with Crippen molar-refractivity contribution in [1.29, 1.82) is 0 Å². The van der Waals surface area contributed by atoms with E-state index in [1.54, 1.807) is 0 Å². The van der Waals surface area contributed by atoms with E-state index < -0.39 is 0 Å². The fourth-order valence-corrected chi connectivity index (χ4v) is 8.67. The van der Waals surface area contributed by atoms with Crippen molar-refractivity contribution in [3.63, 3.8) is 0 Å². The molecule has 5 heteroatoms. The Morgan fingerprint density at radius 3 is 1.81 bits per heavy atom. The van der Waals surface area contributed by atoms with Crippen LogP contribution in [0.3, 0.4) is 0 Å². The topological polar surface area (TPSA) is 38.4 Å². The molecule has 0 atom stereocenters. The van der Waals surface area contributed by atoms with Gasteiger partial charge in [-0.15, -0.1) is 0 Å². The average Bonchev–Trinajstić information content (AvgIpc) is 3.85. The quantitative estimate of drug-likeness (QED) is 0.182.